The van der Waals surface area contributed by atoms with Crippen molar-refractivity contribution in [2.45, 2.75) is 51.1 Å². The van der Waals surface area contributed by atoms with Crippen LogP contribution in [0.3, 0.4) is 0 Å². The average Bonchev–Trinajstić information content (AvgIpc) is 3.50. The van der Waals surface area contributed by atoms with Crippen LogP contribution in [0, 0.1) is 12.8 Å². The maximum Gasteiger partial charge on any atom is 0.251 e. The molecule has 1 aliphatic carbocycles. The van der Waals surface area contributed by atoms with Crippen LogP contribution in [0.1, 0.15) is 48.0 Å². The SMILES string of the molecule is Cc1ccc(O)cc1C(=O)NC[C@@H]1CC[C@H](CC(=O)N2CCOCC2)N1CC1CC1. The van der Waals surface area contributed by atoms with Crippen LogP contribution >= 0.6 is 0 Å². The van der Waals surface area contributed by atoms with Gasteiger partial charge in [0, 0.05) is 50.2 Å². The summed E-state index contributed by atoms with van der Waals surface area (Å²) in [5.74, 6) is 0.908. The Morgan fingerprint density at radius 3 is 2.60 bits per heavy atom. The highest BCUT2D eigenvalue weighted by atomic mass is 16.5. The number of aromatic hydroxyl groups is 1. The van der Waals surface area contributed by atoms with Crippen LogP contribution in [0.15, 0.2) is 18.2 Å². The number of carbonyl (C=O) groups is 2. The van der Waals surface area contributed by atoms with Crippen molar-refractivity contribution in [2.24, 2.45) is 5.92 Å². The van der Waals surface area contributed by atoms with Gasteiger partial charge in [-0.25, -0.2) is 0 Å². The molecule has 0 radical (unpaired) electrons. The fourth-order valence-corrected chi connectivity index (χ4v) is 4.65. The third-order valence-corrected chi connectivity index (χ3v) is 6.68. The number of hydrogen-bond acceptors (Lipinski definition) is 5. The number of phenols is 1. The highest BCUT2D eigenvalue weighted by Gasteiger charge is 2.38. The average molecular weight is 416 g/mol. The maximum atomic E-state index is 12.8. The molecule has 0 bridgehead atoms. The van der Waals surface area contributed by atoms with Crippen molar-refractivity contribution in [2.75, 3.05) is 39.4 Å². The van der Waals surface area contributed by atoms with E-state index in [9.17, 15) is 14.7 Å². The third-order valence-electron chi connectivity index (χ3n) is 6.68. The Balaban J connectivity index is 1.35. The van der Waals surface area contributed by atoms with Gasteiger partial charge in [-0.2, -0.15) is 0 Å². The second-order valence-electron chi connectivity index (χ2n) is 8.93. The molecule has 0 aromatic heterocycles. The molecule has 7 heteroatoms. The fourth-order valence-electron chi connectivity index (χ4n) is 4.65. The van der Waals surface area contributed by atoms with Gasteiger partial charge in [-0.15, -0.1) is 0 Å². The van der Waals surface area contributed by atoms with Crippen molar-refractivity contribution < 1.29 is 19.4 Å². The molecule has 7 nitrogen and oxygen atoms in total. The van der Waals surface area contributed by atoms with Gasteiger partial charge in [-0.1, -0.05) is 6.07 Å². The van der Waals surface area contributed by atoms with E-state index < -0.39 is 0 Å². The predicted molar refractivity (Wildman–Crippen MR) is 113 cm³/mol. The van der Waals surface area contributed by atoms with Gasteiger partial charge in [0.1, 0.15) is 5.75 Å². The predicted octanol–water partition coefficient (Wildman–Crippen LogP) is 1.92. The number of carbonyl (C=O) groups excluding carboxylic acids is 2. The molecular weight excluding hydrogens is 382 g/mol. The highest BCUT2D eigenvalue weighted by Crippen LogP contribution is 2.35. The molecule has 2 aliphatic heterocycles. The number of morpholine rings is 1. The summed E-state index contributed by atoms with van der Waals surface area (Å²) in [5, 5.41) is 12.8. The molecule has 0 spiro atoms. The number of amides is 2. The van der Waals surface area contributed by atoms with E-state index in [-0.39, 0.29) is 29.6 Å². The lowest BCUT2D eigenvalue weighted by Gasteiger charge is -2.33. The summed E-state index contributed by atoms with van der Waals surface area (Å²) in [6, 6.07) is 5.38. The quantitative estimate of drug-likeness (QED) is 0.711. The molecule has 3 fully saturated rings. The van der Waals surface area contributed by atoms with Gasteiger partial charge in [0.2, 0.25) is 5.91 Å². The minimum Gasteiger partial charge on any atom is -0.508 e. The molecule has 1 aromatic carbocycles. The normalized spacial score (nSPS) is 24.8. The molecule has 2 amide bonds. The van der Waals surface area contributed by atoms with E-state index in [2.05, 4.69) is 10.2 Å². The van der Waals surface area contributed by atoms with E-state index in [0.29, 0.717) is 44.8 Å². The number of rotatable bonds is 7. The second kappa shape index (κ2) is 9.35. The maximum absolute atomic E-state index is 12.8. The molecule has 164 valence electrons. The highest BCUT2D eigenvalue weighted by molar-refractivity contribution is 5.96. The Hall–Kier alpha value is -2.12. The molecule has 0 unspecified atom stereocenters. The number of nitrogens with one attached hydrogen (secondary N) is 1. The van der Waals surface area contributed by atoms with E-state index in [4.69, 9.17) is 4.74 Å². The van der Waals surface area contributed by atoms with Crippen molar-refractivity contribution >= 4 is 11.8 Å². The van der Waals surface area contributed by atoms with Crippen molar-refractivity contribution in [3.8, 4) is 5.75 Å². The molecule has 1 saturated carbocycles. The summed E-state index contributed by atoms with van der Waals surface area (Å²) in [6.07, 6.45) is 5.08. The molecule has 2 N–H and O–H groups in total. The molecule has 3 aliphatic rings. The second-order valence-corrected chi connectivity index (χ2v) is 8.93. The van der Waals surface area contributed by atoms with Gasteiger partial charge in [-0.05, 0) is 56.2 Å². The van der Waals surface area contributed by atoms with Crippen LogP contribution in [0.2, 0.25) is 0 Å². The summed E-state index contributed by atoms with van der Waals surface area (Å²) in [7, 11) is 0. The number of ether oxygens (including phenoxy) is 1. The lowest BCUT2D eigenvalue weighted by molar-refractivity contribution is -0.136. The summed E-state index contributed by atoms with van der Waals surface area (Å²) in [4.78, 5) is 29.9. The van der Waals surface area contributed by atoms with Gasteiger partial charge in [0.05, 0.1) is 13.2 Å². The first-order valence-electron chi connectivity index (χ1n) is 11.2. The minimum atomic E-state index is -0.150. The van der Waals surface area contributed by atoms with Crippen LogP contribution in [-0.4, -0.2) is 78.2 Å². The Kier molecular flexibility index (Phi) is 6.58. The van der Waals surface area contributed by atoms with Gasteiger partial charge in [-0.3, -0.25) is 14.5 Å². The van der Waals surface area contributed by atoms with Crippen molar-refractivity contribution in [3.05, 3.63) is 29.3 Å². The van der Waals surface area contributed by atoms with E-state index in [1.165, 1.54) is 18.9 Å². The summed E-state index contributed by atoms with van der Waals surface area (Å²) < 4.78 is 5.37. The molecule has 2 atom stereocenters. The zero-order valence-corrected chi connectivity index (χ0v) is 17.8. The van der Waals surface area contributed by atoms with Gasteiger partial charge in [0.25, 0.3) is 5.91 Å². The van der Waals surface area contributed by atoms with Gasteiger partial charge < -0.3 is 20.1 Å². The van der Waals surface area contributed by atoms with Crippen LogP contribution < -0.4 is 5.32 Å². The Morgan fingerprint density at radius 1 is 1.13 bits per heavy atom. The van der Waals surface area contributed by atoms with Crippen molar-refractivity contribution in [1.29, 1.82) is 0 Å². The number of hydrogen-bond donors (Lipinski definition) is 2. The monoisotopic (exact) mass is 415 g/mol. The smallest absolute Gasteiger partial charge is 0.251 e. The minimum absolute atomic E-state index is 0.101. The van der Waals surface area contributed by atoms with Crippen LogP contribution in [0.5, 0.6) is 5.75 Å². The van der Waals surface area contributed by atoms with Crippen molar-refractivity contribution in [1.82, 2.24) is 15.1 Å². The summed E-state index contributed by atoms with van der Waals surface area (Å²) >= 11 is 0. The topological polar surface area (TPSA) is 82.1 Å². The number of phenolic OH excluding ortho intramolecular Hbond substituents is 1. The molecule has 1 aromatic rings. The van der Waals surface area contributed by atoms with Crippen LogP contribution in [0.25, 0.3) is 0 Å². The lowest BCUT2D eigenvalue weighted by Crippen LogP contribution is -2.47. The largest absolute Gasteiger partial charge is 0.508 e. The van der Waals surface area contributed by atoms with E-state index in [0.717, 1.165) is 30.9 Å². The third kappa shape index (κ3) is 5.13. The molecular formula is C23H33N3O4. The standard InChI is InChI=1S/C23H33N3O4/c1-16-2-7-20(27)13-21(16)23(29)24-14-19-6-5-18(26(19)15-17-3-4-17)12-22(28)25-8-10-30-11-9-25/h2,7,13,17-19,27H,3-6,8-12,14-15H2,1H3,(H,24,29)/t18-,19+/m1/s1. The first-order chi connectivity index (χ1) is 14.5. The van der Waals surface area contributed by atoms with E-state index in [1.807, 2.05) is 11.8 Å². The van der Waals surface area contributed by atoms with Crippen LogP contribution in [-0.2, 0) is 9.53 Å². The number of benzene rings is 1. The first kappa shape index (κ1) is 21.1. The number of aryl methyl sites for hydroxylation is 1. The molecule has 4 rings (SSSR count). The van der Waals surface area contributed by atoms with Crippen LogP contribution in [0.4, 0.5) is 0 Å². The molecule has 30 heavy (non-hydrogen) atoms. The van der Waals surface area contributed by atoms with Gasteiger partial charge in [0.15, 0.2) is 0 Å². The Morgan fingerprint density at radius 2 is 1.87 bits per heavy atom. The molecule has 2 saturated heterocycles. The first-order valence-corrected chi connectivity index (χ1v) is 11.2. The number of nitrogens with zero attached hydrogens (tertiary/aromatic N) is 2. The lowest BCUT2D eigenvalue weighted by atomic mass is 10.1. The van der Waals surface area contributed by atoms with Gasteiger partial charge >= 0.3 is 0 Å². The van der Waals surface area contributed by atoms with E-state index in [1.54, 1.807) is 12.1 Å². The van der Waals surface area contributed by atoms with E-state index >= 15 is 0 Å². The Bertz CT molecular complexity index is 774. The summed E-state index contributed by atoms with van der Waals surface area (Å²) in [5.41, 5.74) is 1.36. The number of likely N-dealkylation sites (tertiary alicyclic amines) is 1. The van der Waals surface area contributed by atoms with Crippen molar-refractivity contribution in [3.63, 3.8) is 0 Å². The zero-order chi connectivity index (χ0) is 21.1. The summed E-state index contributed by atoms with van der Waals surface area (Å²) in [6.45, 7) is 6.11. The Labute approximate surface area is 178 Å². The molecule has 2 heterocycles. The zero-order valence-electron chi connectivity index (χ0n) is 17.8. The fraction of sp³-hybridized carbons (Fsp3) is 0.652.